The van der Waals surface area contributed by atoms with Crippen molar-refractivity contribution in [1.82, 2.24) is 10.2 Å². The van der Waals surface area contributed by atoms with E-state index < -0.39 is 0 Å². The monoisotopic (exact) mass is 274 g/mol. The molecule has 0 spiro atoms. The predicted octanol–water partition coefficient (Wildman–Crippen LogP) is 3.26. The fourth-order valence-corrected chi connectivity index (χ4v) is 2.80. The first-order valence-corrected chi connectivity index (χ1v) is 7.79. The van der Waals surface area contributed by atoms with Crippen LogP contribution < -0.4 is 5.32 Å². The first-order valence-electron chi connectivity index (χ1n) is 7.79. The van der Waals surface area contributed by atoms with Gasteiger partial charge in [-0.1, -0.05) is 45.0 Å². The number of nitrogens with one attached hydrogen (secondary N) is 1. The molecule has 0 bridgehead atoms. The molecule has 1 aliphatic rings. The summed E-state index contributed by atoms with van der Waals surface area (Å²) >= 11 is 0. The molecular formula is C17H26N2O. The zero-order valence-corrected chi connectivity index (χ0v) is 13.0. The lowest BCUT2D eigenvalue weighted by Crippen LogP contribution is -2.38. The summed E-state index contributed by atoms with van der Waals surface area (Å²) in [4.78, 5) is 14.5. The van der Waals surface area contributed by atoms with Crippen LogP contribution in [0.5, 0.6) is 0 Å². The van der Waals surface area contributed by atoms with Crippen molar-refractivity contribution in [3.8, 4) is 0 Å². The molecule has 3 unspecified atom stereocenters. The van der Waals surface area contributed by atoms with Crippen molar-refractivity contribution in [3.05, 3.63) is 35.4 Å². The number of carbonyl (C=O) groups excluding carboxylic acids is 1. The summed E-state index contributed by atoms with van der Waals surface area (Å²) in [6.45, 7) is 8.48. The standard InChI is InChI=1S/C17H26N2O/c1-5-12(4)19-16(18-15(7-3)17(19)20)14-10-8-13(6-2)9-11-14/h8-12,15-16,18H,5-7H2,1-4H3. The highest BCUT2D eigenvalue weighted by molar-refractivity contribution is 5.84. The van der Waals surface area contributed by atoms with Gasteiger partial charge in [0.15, 0.2) is 0 Å². The number of nitrogens with zero attached hydrogens (tertiary/aromatic N) is 1. The van der Waals surface area contributed by atoms with Gasteiger partial charge in [-0.25, -0.2) is 0 Å². The van der Waals surface area contributed by atoms with Crippen molar-refractivity contribution in [2.24, 2.45) is 0 Å². The summed E-state index contributed by atoms with van der Waals surface area (Å²) in [7, 11) is 0. The minimum atomic E-state index is -0.0418. The van der Waals surface area contributed by atoms with Gasteiger partial charge in [-0.2, -0.15) is 0 Å². The maximum absolute atomic E-state index is 12.5. The number of amides is 1. The molecule has 0 aromatic heterocycles. The summed E-state index contributed by atoms with van der Waals surface area (Å²) < 4.78 is 0. The molecule has 3 heteroatoms. The van der Waals surface area contributed by atoms with Crippen LogP contribution >= 0.6 is 0 Å². The average Bonchev–Trinajstić information content (AvgIpc) is 2.83. The fourth-order valence-electron chi connectivity index (χ4n) is 2.80. The molecule has 0 radical (unpaired) electrons. The van der Waals surface area contributed by atoms with Crippen LogP contribution in [0.2, 0.25) is 0 Å². The van der Waals surface area contributed by atoms with E-state index in [9.17, 15) is 4.79 Å². The van der Waals surface area contributed by atoms with Crippen molar-refractivity contribution in [2.45, 2.75) is 65.2 Å². The summed E-state index contributed by atoms with van der Waals surface area (Å²) in [5, 5.41) is 3.49. The number of carbonyl (C=O) groups is 1. The second-order valence-corrected chi connectivity index (χ2v) is 5.63. The molecule has 1 aromatic carbocycles. The van der Waals surface area contributed by atoms with Crippen LogP contribution in [0, 0.1) is 0 Å². The van der Waals surface area contributed by atoms with Crippen LogP contribution in [0.15, 0.2) is 24.3 Å². The van der Waals surface area contributed by atoms with E-state index in [0.717, 1.165) is 19.3 Å². The van der Waals surface area contributed by atoms with E-state index in [1.165, 1.54) is 11.1 Å². The molecule has 1 fully saturated rings. The molecule has 3 atom stereocenters. The maximum Gasteiger partial charge on any atom is 0.241 e. The van der Waals surface area contributed by atoms with Gasteiger partial charge in [0.25, 0.3) is 0 Å². The quantitative estimate of drug-likeness (QED) is 0.894. The molecule has 0 saturated carbocycles. The Bertz CT molecular complexity index is 455. The zero-order valence-electron chi connectivity index (χ0n) is 13.0. The third kappa shape index (κ3) is 2.73. The largest absolute Gasteiger partial charge is 0.319 e. The lowest BCUT2D eigenvalue weighted by atomic mass is 10.1. The molecular weight excluding hydrogens is 248 g/mol. The van der Waals surface area contributed by atoms with Gasteiger partial charge < -0.3 is 4.90 Å². The summed E-state index contributed by atoms with van der Waals surface area (Å²) in [5.41, 5.74) is 2.52. The van der Waals surface area contributed by atoms with Crippen LogP contribution in [0.25, 0.3) is 0 Å². The topological polar surface area (TPSA) is 32.3 Å². The third-order valence-electron chi connectivity index (χ3n) is 4.37. The van der Waals surface area contributed by atoms with Gasteiger partial charge in [0.2, 0.25) is 5.91 Å². The lowest BCUT2D eigenvalue weighted by molar-refractivity contribution is -0.132. The molecule has 1 aromatic rings. The van der Waals surface area contributed by atoms with Crippen molar-refractivity contribution in [3.63, 3.8) is 0 Å². The van der Waals surface area contributed by atoms with Crippen molar-refractivity contribution >= 4 is 5.91 Å². The molecule has 1 heterocycles. The van der Waals surface area contributed by atoms with E-state index >= 15 is 0 Å². The zero-order chi connectivity index (χ0) is 14.7. The minimum Gasteiger partial charge on any atom is -0.319 e. The molecule has 3 nitrogen and oxygen atoms in total. The van der Waals surface area contributed by atoms with Gasteiger partial charge in [0.05, 0.1) is 6.04 Å². The third-order valence-corrected chi connectivity index (χ3v) is 4.37. The van der Waals surface area contributed by atoms with E-state index in [1.54, 1.807) is 0 Å². The number of rotatable bonds is 5. The number of aryl methyl sites for hydroxylation is 1. The summed E-state index contributed by atoms with van der Waals surface area (Å²) in [6.07, 6.45) is 2.89. The van der Waals surface area contributed by atoms with Gasteiger partial charge in [-0.05, 0) is 37.3 Å². The Morgan fingerprint density at radius 3 is 2.35 bits per heavy atom. The number of hydrogen-bond donors (Lipinski definition) is 1. The first-order chi connectivity index (χ1) is 9.62. The molecule has 1 saturated heterocycles. The second kappa shape index (κ2) is 6.40. The molecule has 1 amide bonds. The van der Waals surface area contributed by atoms with Gasteiger partial charge in [0.1, 0.15) is 6.17 Å². The molecule has 20 heavy (non-hydrogen) atoms. The van der Waals surface area contributed by atoms with Crippen LogP contribution in [0.3, 0.4) is 0 Å². The van der Waals surface area contributed by atoms with E-state index in [-0.39, 0.29) is 24.2 Å². The van der Waals surface area contributed by atoms with Gasteiger partial charge in [-0.15, -0.1) is 0 Å². The normalized spacial score (nSPS) is 24.2. The highest BCUT2D eigenvalue weighted by atomic mass is 16.2. The van der Waals surface area contributed by atoms with Gasteiger partial charge >= 0.3 is 0 Å². The summed E-state index contributed by atoms with van der Waals surface area (Å²) in [5.74, 6) is 0.242. The molecule has 1 aliphatic heterocycles. The predicted molar refractivity (Wildman–Crippen MR) is 82.4 cm³/mol. The Hall–Kier alpha value is -1.35. The van der Waals surface area contributed by atoms with Gasteiger partial charge in [0, 0.05) is 6.04 Å². The van der Waals surface area contributed by atoms with Crippen molar-refractivity contribution in [1.29, 1.82) is 0 Å². The minimum absolute atomic E-state index is 0.0216. The SMILES string of the molecule is CCc1ccc(C2NC(CC)C(=O)N2C(C)CC)cc1. The Morgan fingerprint density at radius 1 is 1.20 bits per heavy atom. The van der Waals surface area contributed by atoms with Crippen molar-refractivity contribution < 1.29 is 4.79 Å². The average molecular weight is 274 g/mol. The molecule has 0 aliphatic carbocycles. The second-order valence-electron chi connectivity index (χ2n) is 5.63. The number of benzene rings is 1. The van der Waals surface area contributed by atoms with E-state index in [1.807, 2.05) is 4.90 Å². The van der Waals surface area contributed by atoms with Gasteiger partial charge in [-0.3, -0.25) is 10.1 Å². The molecule has 1 N–H and O–H groups in total. The maximum atomic E-state index is 12.5. The molecule has 110 valence electrons. The Kier molecular flexibility index (Phi) is 4.81. The smallest absolute Gasteiger partial charge is 0.241 e. The fraction of sp³-hybridized carbons (Fsp3) is 0.588. The van der Waals surface area contributed by atoms with Crippen molar-refractivity contribution in [2.75, 3.05) is 0 Å². The van der Waals surface area contributed by atoms with E-state index in [4.69, 9.17) is 0 Å². The Balaban J connectivity index is 2.28. The van der Waals surface area contributed by atoms with Crippen LogP contribution in [-0.4, -0.2) is 22.9 Å². The van der Waals surface area contributed by atoms with Crippen LogP contribution in [0.1, 0.15) is 57.8 Å². The van der Waals surface area contributed by atoms with Crippen LogP contribution in [0.4, 0.5) is 0 Å². The summed E-state index contributed by atoms with van der Waals surface area (Å²) in [6, 6.07) is 8.85. The Morgan fingerprint density at radius 2 is 1.85 bits per heavy atom. The highest BCUT2D eigenvalue weighted by Crippen LogP contribution is 2.29. The van der Waals surface area contributed by atoms with E-state index in [2.05, 4.69) is 57.3 Å². The Labute approximate surface area is 122 Å². The van der Waals surface area contributed by atoms with E-state index in [0.29, 0.717) is 0 Å². The number of hydrogen-bond acceptors (Lipinski definition) is 2. The van der Waals surface area contributed by atoms with Crippen LogP contribution in [-0.2, 0) is 11.2 Å². The molecule has 2 rings (SSSR count). The first kappa shape index (κ1) is 15.0. The highest BCUT2D eigenvalue weighted by Gasteiger charge is 2.40. The lowest BCUT2D eigenvalue weighted by Gasteiger charge is -2.30.